The summed E-state index contributed by atoms with van der Waals surface area (Å²) in [6.45, 7) is 5.65. The van der Waals surface area contributed by atoms with Crippen molar-refractivity contribution in [2.45, 2.75) is 33.6 Å². The van der Waals surface area contributed by atoms with Crippen LogP contribution in [0.5, 0.6) is 0 Å². The van der Waals surface area contributed by atoms with E-state index in [4.69, 9.17) is 4.74 Å². The van der Waals surface area contributed by atoms with Gasteiger partial charge in [-0.3, -0.25) is 19.3 Å². The molecule has 4 aromatic carbocycles. The van der Waals surface area contributed by atoms with Crippen molar-refractivity contribution in [2.24, 2.45) is 4.99 Å². The fourth-order valence-electron chi connectivity index (χ4n) is 4.77. The Morgan fingerprint density at radius 2 is 1.33 bits per heavy atom. The van der Waals surface area contributed by atoms with Gasteiger partial charge in [0, 0.05) is 11.4 Å². The van der Waals surface area contributed by atoms with Crippen molar-refractivity contribution in [3.05, 3.63) is 131 Å². The van der Waals surface area contributed by atoms with Gasteiger partial charge in [0.15, 0.2) is 11.8 Å². The maximum atomic E-state index is 13.6. The molecule has 0 radical (unpaired) electrons. The number of amidine groups is 1. The Morgan fingerprint density at radius 3 is 1.90 bits per heavy atom. The topological polar surface area (TPSA) is 117 Å². The van der Waals surface area contributed by atoms with Crippen LogP contribution < -0.4 is 15.5 Å². The van der Waals surface area contributed by atoms with Gasteiger partial charge in [-0.05, 0) is 91.1 Å². The van der Waals surface area contributed by atoms with Crippen LogP contribution in [0.15, 0.2) is 108 Å². The van der Waals surface area contributed by atoms with Crippen LogP contribution in [-0.2, 0) is 32.0 Å². The number of hydrogen-bond donors (Lipinski definition) is 2. The summed E-state index contributed by atoms with van der Waals surface area (Å²) in [6, 6.07) is 29.1. The van der Waals surface area contributed by atoms with Gasteiger partial charge in [0.2, 0.25) is 5.91 Å². The molecule has 3 amide bonds. The lowest BCUT2D eigenvalue weighted by molar-refractivity contribution is -0.119. The van der Waals surface area contributed by atoms with Gasteiger partial charge in [0.25, 0.3) is 11.8 Å². The minimum atomic E-state index is -0.649. The lowest BCUT2D eigenvalue weighted by Gasteiger charge is -2.18. The Hall–Kier alpha value is -5.48. The molecular formula is C38H36N4O5S. The molecule has 0 saturated heterocycles. The standard InChI is InChI=1S/C38H36N4O5S/c1-4-26-10-16-30(17-11-26)39-34(43)23-47-37(46)29-14-8-28(9-15-29)22-33-36(45)42(32-20-6-25(3)7-21-32)38(41-33)48-24-35(44)40-31-18-12-27(5-2)13-19-31/h6-22H,4-5,23-24H2,1-3H3,(H,39,43)(H,40,44). The van der Waals surface area contributed by atoms with Gasteiger partial charge in [-0.2, -0.15) is 0 Å². The highest BCUT2D eigenvalue weighted by molar-refractivity contribution is 8.14. The number of amides is 3. The molecule has 244 valence electrons. The van der Waals surface area contributed by atoms with E-state index in [-0.39, 0.29) is 28.8 Å². The predicted octanol–water partition coefficient (Wildman–Crippen LogP) is 7.03. The first-order chi connectivity index (χ1) is 23.2. The van der Waals surface area contributed by atoms with Gasteiger partial charge in [-0.25, -0.2) is 9.79 Å². The molecule has 9 nitrogen and oxygen atoms in total. The number of nitrogens with one attached hydrogen (secondary N) is 2. The second-order valence-electron chi connectivity index (χ2n) is 11.1. The zero-order chi connectivity index (χ0) is 34.0. The van der Waals surface area contributed by atoms with Gasteiger partial charge in [0.05, 0.1) is 17.0 Å². The van der Waals surface area contributed by atoms with Crippen LogP contribution >= 0.6 is 11.8 Å². The molecular weight excluding hydrogens is 625 g/mol. The largest absolute Gasteiger partial charge is 0.452 e. The molecule has 0 spiro atoms. The molecule has 2 N–H and O–H groups in total. The normalized spacial score (nSPS) is 13.3. The van der Waals surface area contributed by atoms with Crippen LogP contribution in [0.25, 0.3) is 6.08 Å². The van der Waals surface area contributed by atoms with Crippen molar-refractivity contribution < 1.29 is 23.9 Å². The number of anilines is 3. The number of benzene rings is 4. The Labute approximate surface area is 284 Å². The van der Waals surface area contributed by atoms with Crippen LogP contribution in [0.4, 0.5) is 17.1 Å². The quantitative estimate of drug-likeness (QED) is 0.132. The number of aryl methyl sites for hydroxylation is 3. The number of carbonyl (C=O) groups excluding carboxylic acids is 4. The van der Waals surface area contributed by atoms with Crippen LogP contribution in [0.3, 0.4) is 0 Å². The number of aliphatic imine (C=N–C) groups is 1. The first-order valence-electron chi connectivity index (χ1n) is 15.6. The predicted molar refractivity (Wildman–Crippen MR) is 192 cm³/mol. The molecule has 0 bridgehead atoms. The second-order valence-corrected chi connectivity index (χ2v) is 12.0. The first kappa shape index (κ1) is 33.9. The summed E-state index contributed by atoms with van der Waals surface area (Å²) in [5, 5.41) is 5.98. The maximum Gasteiger partial charge on any atom is 0.338 e. The molecule has 4 aromatic rings. The van der Waals surface area contributed by atoms with E-state index in [1.165, 1.54) is 22.2 Å². The van der Waals surface area contributed by atoms with Crippen molar-refractivity contribution in [1.82, 2.24) is 0 Å². The summed E-state index contributed by atoms with van der Waals surface area (Å²) in [5.74, 6) is -1.59. The molecule has 1 aliphatic heterocycles. The summed E-state index contributed by atoms with van der Waals surface area (Å²) in [5.41, 5.74) is 6.41. The zero-order valence-electron chi connectivity index (χ0n) is 27.0. The minimum Gasteiger partial charge on any atom is -0.452 e. The summed E-state index contributed by atoms with van der Waals surface area (Å²) < 4.78 is 5.19. The summed E-state index contributed by atoms with van der Waals surface area (Å²) in [7, 11) is 0. The first-order valence-corrected chi connectivity index (χ1v) is 16.6. The lowest BCUT2D eigenvalue weighted by Crippen LogP contribution is -2.31. The molecule has 0 saturated carbocycles. The summed E-state index contributed by atoms with van der Waals surface area (Å²) in [6.07, 6.45) is 3.43. The summed E-state index contributed by atoms with van der Waals surface area (Å²) in [4.78, 5) is 57.3. The van der Waals surface area contributed by atoms with Crippen molar-refractivity contribution in [3.63, 3.8) is 0 Å². The molecule has 48 heavy (non-hydrogen) atoms. The summed E-state index contributed by atoms with van der Waals surface area (Å²) >= 11 is 1.17. The lowest BCUT2D eigenvalue weighted by atomic mass is 10.1. The number of hydrogen-bond acceptors (Lipinski definition) is 7. The SMILES string of the molecule is CCc1ccc(NC(=O)COC(=O)c2ccc(C=C3N=C(SCC(=O)Nc4ccc(CC)cc4)N(c4ccc(C)cc4)C3=O)cc2)cc1. The van der Waals surface area contributed by atoms with Crippen molar-refractivity contribution in [3.8, 4) is 0 Å². The monoisotopic (exact) mass is 660 g/mol. The molecule has 0 fully saturated rings. The van der Waals surface area contributed by atoms with Crippen molar-refractivity contribution >= 4 is 63.8 Å². The highest BCUT2D eigenvalue weighted by Crippen LogP contribution is 2.30. The van der Waals surface area contributed by atoms with E-state index < -0.39 is 18.5 Å². The Kier molecular flexibility index (Phi) is 11.2. The van der Waals surface area contributed by atoms with Gasteiger partial charge < -0.3 is 15.4 Å². The third kappa shape index (κ3) is 8.86. The molecule has 0 aromatic heterocycles. The van der Waals surface area contributed by atoms with Gasteiger partial charge >= 0.3 is 5.97 Å². The van der Waals surface area contributed by atoms with Gasteiger partial charge in [-0.1, -0.05) is 79.7 Å². The molecule has 1 heterocycles. The Balaban J connectivity index is 1.23. The number of ether oxygens (including phenoxy) is 1. The smallest absolute Gasteiger partial charge is 0.338 e. The van der Waals surface area contributed by atoms with E-state index in [1.54, 1.807) is 42.5 Å². The number of carbonyl (C=O) groups is 4. The molecule has 0 atom stereocenters. The van der Waals surface area contributed by atoms with Crippen LogP contribution in [-0.4, -0.2) is 41.2 Å². The van der Waals surface area contributed by atoms with E-state index >= 15 is 0 Å². The minimum absolute atomic E-state index is 0.0528. The molecule has 1 aliphatic rings. The highest BCUT2D eigenvalue weighted by atomic mass is 32.2. The Morgan fingerprint density at radius 1 is 0.771 bits per heavy atom. The number of nitrogens with zero attached hydrogens (tertiary/aromatic N) is 2. The van der Waals surface area contributed by atoms with Crippen molar-refractivity contribution in [1.29, 1.82) is 0 Å². The maximum absolute atomic E-state index is 13.6. The molecule has 0 aliphatic carbocycles. The third-order valence-electron chi connectivity index (χ3n) is 7.53. The number of rotatable bonds is 11. The Bertz CT molecular complexity index is 1850. The van der Waals surface area contributed by atoms with Crippen LogP contribution in [0, 0.1) is 6.92 Å². The molecule has 10 heteroatoms. The van der Waals surface area contributed by atoms with Gasteiger partial charge in [0.1, 0.15) is 5.70 Å². The zero-order valence-corrected chi connectivity index (χ0v) is 27.8. The molecule has 5 rings (SSSR count). The van der Waals surface area contributed by atoms with E-state index in [2.05, 4.69) is 22.5 Å². The second kappa shape index (κ2) is 15.9. The van der Waals surface area contributed by atoms with Crippen molar-refractivity contribution in [2.75, 3.05) is 27.9 Å². The third-order valence-corrected chi connectivity index (χ3v) is 8.47. The average Bonchev–Trinajstić information content (AvgIpc) is 3.41. The van der Waals surface area contributed by atoms with Crippen LogP contribution in [0.2, 0.25) is 0 Å². The molecule has 0 unspecified atom stereocenters. The highest BCUT2D eigenvalue weighted by Gasteiger charge is 2.32. The van der Waals surface area contributed by atoms with Crippen LogP contribution in [0.1, 0.15) is 46.5 Å². The van der Waals surface area contributed by atoms with E-state index in [1.807, 2.05) is 74.5 Å². The van der Waals surface area contributed by atoms with Gasteiger partial charge in [-0.15, -0.1) is 0 Å². The fourth-order valence-corrected chi connectivity index (χ4v) is 5.59. The fraction of sp³-hybridized carbons (Fsp3) is 0.184. The number of thioether (sulfide) groups is 1. The average molecular weight is 661 g/mol. The van der Waals surface area contributed by atoms with E-state index in [0.29, 0.717) is 27.8 Å². The number of esters is 1. The van der Waals surface area contributed by atoms with E-state index in [0.717, 1.165) is 24.0 Å². The van der Waals surface area contributed by atoms with E-state index in [9.17, 15) is 19.2 Å².